The van der Waals surface area contributed by atoms with Crippen LogP contribution in [-0.2, 0) is 17.6 Å². The molecule has 0 bridgehead atoms. The number of halogens is 4. The van der Waals surface area contributed by atoms with Crippen molar-refractivity contribution in [2.45, 2.75) is 38.1 Å². The van der Waals surface area contributed by atoms with E-state index in [-0.39, 0.29) is 6.10 Å². The molecule has 0 aromatic carbocycles. The van der Waals surface area contributed by atoms with Gasteiger partial charge in [0.05, 0.1) is 0 Å². The Morgan fingerprint density at radius 1 is 1.26 bits per heavy atom. The summed E-state index contributed by atoms with van der Waals surface area (Å²) in [6.07, 6.45) is -0.0652. The number of hydrogen-bond donors (Lipinski definition) is 0. The van der Waals surface area contributed by atoms with E-state index in [0.29, 0.717) is 12.5 Å². The maximum absolute atomic E-state index is 12.5. The van der Waals surface area contributed by atoms with E-state index in [2.05, 4.69) is 31.0 Å². The largest absolute Gasteiger partial charge is 0.433 e. The molecule has 4 nitrogen and oxygen atoms in total. The van der Waals surface area contributed by atoms with E-state index in [4.69, 9.17) is 4.84 Å². The third kappa shape index (κ3) is 4.23. The molecular weight excluding hydrogens is 375 g/mol. The van der Waals surface area contributed by atoms with Crippen LogP contribution < -0.4 is 0 Å². The molecule has 0 unspecified atom stereocenters. The first-order valence-electron chi connectivity index (χ1n) is 7.54. The molecule has 0 amide bonds. The zero-order chi connectivity index (χ0) is 16.4. The Morgan fingerprint density at radius 3 is 2.52 bits per heavy atom. The molecule has 8 heteroatoms. The highest BCUT2D eigenvalue weighted by molar-refractivity contribution is 9.18. The summed E-state index contributed by atoms with van der Waals surface area (Å²) in [6, 6.07) is 2.55. The van der Waals surface area contributed by atoms with Crippen LogP contribution in [0.5, 0.6) is 0 Å². The number of hydrogen-bond acceptors (Lipinski definition) is 4. The molecule has 0 spiro atoms. The van der Waals surface area contributed by atoms with E-state index in [1.54, 1.807) is 0 Å². The number of aromatic nitrogens is 1. The van der Waals surface area contributed by atoms with Crippen molar-refractivity contribution in [2.75, 3.05) is 13.1 Å². The van der Waals surface area contributed by atoms with Crippen LogP contribution in [0.4, 0.5) is 13.2 Å². The highest BCUT2D eigenvalue weighted by atomic mass is 79.9. The van der Waals surface area contributed by atoms with E-state index in [1.807, 2.05) is 0 Å². The molecule has 3 rings (SSSR count). The van der Waals surface area contributed by atoms with Gasteiger partial charge in [0.1, 0.15) is 16.4 Å². The van der Waals surface area contributed by atoms with Crippen LogP contribution in [-0.4, -0.2) is 33.7 Å². The normalized spacial score (nSPS) is 23.7. The van der Waals surface area contributed by atoms with Gasteiger partial charge in [0.15, 0.2) is 0 Å². The summed E-state index contributed by atoms with van der Waals surface area (Å²) < 4.78 is 38.4. The summed E-state index contributed by atoms with van der Waals surface area (Å²) >= 11 is 3.35. The molecular formula is C15H17BrF3N3O. The van der Waals surface area contributed by atoms with Crippen LogP contribution in [0.1, 0.15) is 30.5 Å². The standard InChI is InChI=1S/C15H17BrF3N3O/c16-14-7-12(23-21-14)11-3-5-22(6-4-11)9-10-1-2-13(20-8-10)15(17,18)19/h1-2,8,11-12H,3-7,9H2/t12-/m1/s1. The number of nitrogens with zero attached hydrogens (tertiary/aromatic N) is 3. The lowest BCUT2D eigenvalue weighted by Crippen LogP contribution is -2.37. The van der Waals surface area contributed by atoms with Gasteiger partial charge in [-0.3, -0.25) is 9.88 Å². The van der Waals surface area contributed by atoms with E-state index >= 15 is 0 Å². The zero-order valence-corrected chi connectivity index (χ0v) is 14.0. The molecule has 23 heavy (non-hydrogen) atoms. The number of likely N-dealkylation sites (tertiary alicyclic amines) is 1. The monoisotopic (exact) mass is 391 g/mol. The maximum Gasteiger partial charge on any atom is 0.433 e. The minimum absolute atomic E-state index is 0.152. The van der Waals surface area contributed by atoms with Gasteiger partial charge in [0.25, 0.3) is 0 Å². The molecule has 2 aliphatic heterocycles. The highest BCUT2D eigenvalue weighted by Gasteiger charge is 2.33. The van der Waals surface area contributed by atoms with Crippen molar-refractivity contribution < 1.29 is 18.0 Å². The van der Waals surface area contributed by atoms with Gasteiger partial charge in [0.2, 0.25) is 0 Å². The van der Waals surface area contributed by atoms with Gasteiger partial charge >= 0.3 is 6.18 Å². The summed E-state index contributed by atoms with van der Waals surface area (Å²) in [5.74, 6) is 0.482. The fraction of sp³-hybridized carbons (Fsp3) is 0.600. The molecule has 1 atom stereocenters. The van der Waals surface area contributed by atoms with E-state index in [0.717, 1.165) is 48.6 Å². The summed E-state index contributed by atoms with van der Waals surface area (Å²) in [5.41, 5.74) is -0.0384. The van der Waals surface area contributed by atoms with Crippen molar-refractivity contribution in [1.82, 2.24) is 9.88 Å². The van der Waals surface area contributed by atoms with Crippen molar-refractivity contribution in [3.63, 3.8) is 0 Å². The van der Waals surface area contributed by atoms with Gasteiger partial charge in [0, 0.05) is 25.1 Å². The van der Waals surface area contributed by atoms with Gasteiger partial charge in [-0.1, -0.05) is 11.2 Å². The smallest absolute Gasteiger partial charge is 0.391 e. The number of pyridine rings is 1. The van der Waals surface area contributed by atoms with Crippen LogP contribution in [0, 0.1) is 5.92 Å². The molecule has 0 N–H and O–H groups in total. The SMILES string of the molecule is FC(F)(F)c1ccc(CN2CCC([C@H]3CC(Br)=NO3)CC2)cn1. The highest BCUT2D eigenvalue weighted by Crippen LogP contribution is 2.30. The fourth-order valence-electron chi connectivity index (χ4n) is 3.04. The Bertz CT molecular complexity index is 568. The lowest BCUT2D eigenvalue weighted by molar-refractivity contribution is -0.141. The number of piperidine rings is 1. The van der Waals surface area contributed by atoms with Gasteiger partial charge in [-0.05, 0) is 53.5 Å². The number of rotatable bonds is 3. The third-order valence-corrected chi connectivity index (χ3v) is 4.80. The van der Waals surface area contributed by atoms with Crippen molar-refractivity contribution in [3.05, 3.63) is 29.6 Å². The van der Waals surface area contributed by atoms with E-state index in [1.165, 1.54) is 12.3 Å². The number of alkyl halides is 3. The minimum atomic E-state index is -4.38. The summed E-state index contributed by atoms with van der Waals surface area (Å²) in [6.45, 7) is 2.44. The van der Waals surface area contributed by atoms with Crippen molar-refractivity contribution >= 4 is 20.6 Å². The van der Waals surface area contributed by atoms with Gasteiger partial charge in [-0.15, -0.1) is 0 Å². The van der Waals surface area contributed by atoms with Crippen LogP contribution in [0.15, 0.2) is 23.5 Å². The topological polar surface area (TPSA) is 37.7 Å². The molecule has 1 fully saturated rings. The molecule has 1 aromatic rings. The summed E-state index contributed by atoms with van der Waals surface area (Å²) in [5, 5.41) is 3.93. The zero-order valence-electron chi connectivity index (χ0n) is 12.4. The first-order chi connectivity index (χ1) is 10.9. The summed E-state index contributed by atoms with van der Waals surface area (Å²) in [7, 11) is 0. The maximum atomic E-state index is 12.5. The second-order valence-electron chi connectivity index (χ2n) is 5.98. The molecule has 2 aliphatic rings. The predicted molar refractivity (Wildman–Crippen MR) is 83.1 cm³/mol. The predicted octanol–water partition coefficient (Wildman–Crippen LogP) is 3.81. The molecule has 1 saturated heterocycles. The van der Waals surface area contributed by atoms with Crippen LogP contribution in [0.2, 0.25) is 0 Å². The molecule has 0 saturated carbocycles. The van der Waals surface area contributed by atoms with Gasteiger partial charge < -0.3 is 4.84 Å². The lowest BCUT2D eigenvalue weighted by Gasteiger charge is -2.33. The van der Waals surface area contributed by atoms with Crippen LogP contribution >= 0.6 is 15.9 Å². The average Bonchev–Trinajstić information content (AvgIpc) is 2.94. The average molecular weight is 392 g/mol. The van der Waals surface area contributed by atoms with Crippen molar-refractivity contribution in [2.24, 2.45) is 11.1 Å². The van der Waals surface area contributed by atoms with Crippen molar-refractivity contribution in [1.29, 1.82) is 0 Å². The molecule has 126 valence electrons. The fourth-order valence-corrected chi connectivity index (χ4v) is 3.45. The van der Waals surface area contributed by atoms with Crippen LogP contribution in [0.25, 0.3) is 0 Å². The Morgan fingerprint density at radius 2 is 2.00 bits per heavy atom. The first kappa shape index (κ1) is 16.7. The molecule has 0 aliphatic carbocycles. The van der Waals surface area contributed by atoms with Crippen LogP contribution in [0.3, 0.4) is 0 Å². The Hall–Kier alpha value is -1.15. The van der Waals surface area contributed by atoms with Gasteiger partial charge in [-0.2, -0.15) is 13.2 Å². The summed E-state index contributed by atoms with van der Waals surface area (Å²) in [4.78, 5) is 11.2. The Kier molecular flexibility index (Phi) is 4.91. The second-order valence-corrected chi connectivity index (χ2v) is 6.89. The quantitative estimate of drug-likeness (QED) is 0.785. The molecule has 1 aromatic heterocycles. The first-order valence-corrected chi connectivity index (χ1v) is 8.34. The van der Waals surface area contributed by atoms with Crippen molar-refractivity contribution in [3.8, 4) is 0 Å². The molecule has 0 radical (unpaired) electrons. The van der Waals surface area contributed by atoms with E-state index < -0.39 is 11.9 Å². The third-order valence-electron chi connectivity index (χ3n) is 4.34. The molecule has 3 heterocycles. The Labute approximate surface area is 140 Å². The number of oxime groups is 1. The Balaban J connectivity index is 1.49. The minimum Gasteiger partial charge on any atom is -0.391 e. The second kappa shape index (κ2) is 6.76. The van der Waals surface area contributed by atoms with Gasteiger partial charge in [-0.25, -0.2) is 0 Å². The lowest BCUT2D eigenvalue weighted by atomic mass is 9.90. The van der Waals surface area contributed by atoms with E-state index in [9.17, 15) is 13.2 Å².